The molecule has 2 aromatic carbocycles. The molecule has 0 N–H and O–H groups in total. The molecule has 22 heavy (non-hydrogen) atoms. The molecule has 0 saturated heterocycles. The Balaban J connectivity index is 1.82. The summed E-state index contributed by atoms with van der Waals surface area (Å²) >= 11 is 0. The van der Waals surface area contributed by atoms with E-state index in [2.05, 4.69) is 11.1 Å². The number of aryl methyl sites for hydroxylation is 1. The van der Waals surface area contributed by atoms with Crippen molar-refractivity contribution in [3.05, 3.63) is 77.6 Å². The van der Waals surface area contributed by atoms with Crippen molar-refractivity contribution < 1.29 is 4.42 Å². The molecule has 3 rings (SSSR count). The van der Waals surface area contributed by atoms with Crippen LogP contribution in [0.1, 0.15) is 16.9 Å². The summed E-state index contributed by atoms with van der Waals surface area (Å²) in [7, 11) is 0. The van der Waals surface area contributed by atoms with E-state index in [4.69, 9.17) is 9.68 Å². The van der Waals surface area contributed by atoms with Crippen LogP contribution < -0.4 is 0 Å². The Morgan fingerprint density at radius 1 is 1.00 bits per heavy atom. The fourth-order valence-electron chi connectivity index (χ4n) is 2.13. The lowest BCUT2D eigenvalue weighted by atomic mass is 10.1. The highest BCUT2D eigenvalue weighted by atomic mass is 16.3. The Kier molecular flexibility index (Phi) is 3.84. The van der Waals surface area contributed by atoms with E-state index in [9.17, 15) is 0 Å². The van der Waals surface area contributed by atoms with Crippen molar-refractivity contribution in [3.63, 3.8) is 0 Å². The summed E-state index contributed by atoms with van der Waals surface area (Å²) in [6.07, 6.45) is 1.72. The van der Waals surface area contributed by atoms with Crippen molar-refractivity contribution in [2.45, 2.75) is 6.92 Å². The summed E-state index contributed by atoms with van der Waals surface area (Å²) in [4.78, 5) is 4.45. The molecule has 1 aromatic heterocycles. The van der Waals surface area contributed by atoms with E-state index in [0.29, 0.717) is 11.3 Å². The maximum Gasteiger partial charge on any atom is 0.145 e. The lowest BCUT2D eigenvalue weighted by molar-refractivity contribution is 0.575. The van der Waals surface area contributed by atoms with Crippen molar-refractivity contribution in [2.24, 2.45) is 4.99 Å². The fraction of sp³-hybridized carbons (Fsp3) is 0.0526. The molecule has 0 aliphatic heterocycles. The van der Waals surface area contributed by atoms with Crippen molar-refractivity contribution in [2.75, 3.05) is 0 Å². The number of furan rings is 1. The first kappa shape index (κ1) is 13.8. The second kappa shape index (κ2) is 6.11. The summed E-state index contributed by atoms with van der Waals surface area (Å²) in [5, 5.41) is 8.81. The molecular formula is C19H14N2O. The molecule has 3 heteroatoms. The molecular weight excluding hydrogens is 272 g/mol. The van der Waals surface area contributed by atoms with E-state index >= 15 is 0 Å². The first-order valence-electron chi connectivity index (χ1n) is 6.96. The first-order valence-corrected chi connectivity index (χ1v) is 6.96. The van der Waals surface area contributed by atoms with E-state index in [-0.39, 0.29) is 0 Å². The minimum Gasteiger partial charge on any atom is -0.455 e. The van der Waals surface area contributed by atoms with Crippen LogP contribution in [0.5, 0.6) is 0 Å². The molecule has 1 heterocycles. The lowest BCUT2D eigenvalue weighted by Crippen LogP contribution is -1.78. The number of nitrogens with zero attached hydrogens (tertiary/aromatic N) is 2. The molecule has 0 aliphatic carbocycles. The maximum absolute atomic E-state index is 8.81. The van der Waals surface area contributed by atoms with E-state index in [1.165, 1.54) is 0 Å². The van der Waals surface area contributed by atoms with Gasteiger partial charge in [0.25, 0.3) is 0 Å². The molecule has 0 bridgehead atoms. The zero-order valence-electron chi connectivity index (χ0n) is 12.2. The third kappa shape index (κ3) is 2.97. The van der Waals surface area contributed by atoms with Gasteiger partial charge in [0.1, 0.15) is 11.5 Å². The molecule has 3 aromatic rings. The van der Waals surface area contributed by atoms with Gasteiger partial charge >= 0.3 is 0 Å². The Labute approximate surface area is 129 Å². The van der Waals surface area contributed by atoms with Gasteiger partial charge in [-0.05, 0) is 55.0 Å². The predicted molar refractivity (Wildman–Crippen MR) is 87.3 cm³/mol. The topological polar surface area (TPSA) is 49.3 Å². The summed E-state index contributed by atoms with van der Waals surface area (Å²) in [5.41, 5.74) is 3.63. The molecule has 0 spiro atoms. The largest absolute Gasteiger partial charge is 0.455 e. The standard InChI is InChI=1S/C19H14N2O/c1-14-4-2-3-5-18(14)21-13-17-10-11-19(22-17)16-8-6-15(12-20)7-9-16/h2-11,13H,1H3. The van der Waals surface area contributed by atoms with Gasteiger partial charge in [-0.1, -0.05) is 18.2 Å². The van der Waals surface area contributed by atoms with Gasteiger partial charge in [0.15, 0.2) is 0 Å². The smallest absolute Gasteiger partial charge is 0.145 e. The average molecular weight is 286 g/mol. The molecule has 106 valence electrons. The summed E-state index contributed by atoms with van der Waals surface area (Å²) in [6, 6.07) is 21.1. The van der Waals surface area contributed by atoms with E-state index in [0.717, 1.165) is 22.6 Å². The summed E-state index contributed by atoms with van der Waals surface area (Å²) < 4.78 is 5.77. The van der Waals surface area contributed by atoms with Crippen LogP contribution in [0.25, 0.3) is 11.3 Å². The Morgan fingerprint density at radius 2 is 1.77 bits per heavy atom. The molecule has 0 saturated carbocycles. The minimum atomic E-state index is 0.636. The lowest BCUT2D eigenvalue weighted by Gasteiger charge is -1.97. The van der Waals surface area contributed by atoms with Crippen molar-refractivity contribution in [1.29, 1.82) is 5.26 Å². The van der Waals surface area contributed by atoms with Gasteiger partial charge < -0.3 is 4.42 Å². The molecule has 0 atom stereocenters. The average Bonchev–Trinajstić information content (AvgIpc) is 3.03. The second-order valence-electron chi connectivity index (χ2n) is 4.94. The van der Waals surface area contributed by atoms with Crippen LogP contribution in [0.4, 0.5) is 5.69 Å². The van der Waals surface area contributed by atoms with Gasteiger partial charge in [0.2, 0.25) is 0 Å². The number of hydrogen-bond donors (Lipinski definition) is 0. The van der Waals surface area contributed by atoms with Gasteiger partial charge in [-0.15, -0.1) is 0 Å². The Bertz CT molecular complexity index is 852. The number of aliphatic imine (C=N–C) groups is 1. The summed E-state index contributed by atoms with van der Waals surface area (Å²) in [5.74, 6) is 1.46. The molecule has 0 amide bonds. The molecule has 0 fully saturated rings. The predicted octanol–water partition coefficient (Wildman–Crippen LogP) is 4.88. The maximum atomic E-state index is 8.81. The van der Waals surface area contributed by atoms with E-state index < -0.39 is 0 Å². The van der Waals surface area contributed by atoms with Gasteiger partial charge in [-0.25, -0.2) is 0 Å². The highest BCUT2D eigenvalue weighted by Gasteiger charge is 2.03. The Hall–Kier alpha value is -3.12. The van der Waals surface area contributed by atoms with Crippen molar-refractivity contribution in [3.8, 4) is 17.4 Å². The first-order chi connectivity index (χ1) is 10.8. The molecule has 3 nitrogen and oxygen atoms in total. The molecule has 0 unspecified atom stereocenters. The SMILES string of the molecule is Cc1ccccc1N=Cc1ccc(-c2ccc(C#N)cc2)o1. The van der Waals surface area contributed by atoms with Crippen LogP contribution in [0.15, 0.2) is 70.1 Å². The van der Waals surface area contributed by atoms with Crippen LogP contribution in [0.3, 0.4) is 0 Å². The highest BCUT2D eigenvalue weighted by molar-refractivity contribution is 5.80. The monoisotopic (exact) mass is 286 g/mol. The number of para-hydroxylation sites is 1. The van der Waals surface area contributed by atoms with Crippen LogP contribution in [0, 0.1) is 18.3 Å². The number of rotatable bonds is 3. The normalized spacial score (nSPS) is 10.7. The number of benzene rings is 2. The zero-order valence-corrected chi connectivity index (χ0v) is 12.2. The quantitative estimate of drug-likeness (QED) is 0.644. The van der Waals surface area contributed by atoms with E-state index in [1.54, 1.807) is 18.3 Å². The van der Waals surface area contributed by atoms with E-state index in [1.807, 2.05) is 55.5 Å². The third-order valence-corrected chi connectivity index (χ3v) is 3.37. The van der Waals surface area contributed by atoms with Crippen molar-refractivity contribution in [1.82, 2.24) is 0 Å². The van der Waals surface area contributed by atoms with Crippen LogP contribution >= 0.6 is 0 Å². The fourth-order valence-corrected chi connectivity index (χ4v) is 2.13. The number of hydrogen-bond acceptors (Lipinski definition) is 3. The molecule has 0 aliphatic rings. The van der Waals surface area contributed by atoms with Gasteiger partial charge in [-0.2, -0.15) is 5.26 Å². The van der Waals surface area contributed by atoms with Crippen LogP contribution in [-0.2, 0) is 0 Å². The Morgan fingerprint density at radius 3 is 2.50 bits per heavy atom. The summed E-state index contributed by atoms with van der Waals surface area (Å²) in [6.45, 7) is 2.02. The molecule has 0 radical (unpaired) electrons. The number of nitriles is 1. The van der Waals surface area contributed by atoms with Crippen LogP contribution in [-0.4, -0.2) is 6.21 Å². The minimum absolute atomic E-state index is 0.636. The second-order valence-corrected chi connectivity index (χ2v) is 4.94. The van der Waals surface area contributed by atoms with Gasteiger partial charge in [-0.3, -0.25) is 4.99 Å². The highest BCUT2D eigenvalue weighted by Crippen LogP contribution is 2.23. The zero-order chi connectivity index (χ0) is 15.4. The van der Waals surface area contributed by atoms with Gasteiger partial charge in [0, 0.05) is 5.56 Å². The van der Waals surface area contributed by atoms with Crippen LogP contribution in [0.2, 0.25) is 0 Å². The van der Waals surface area contributed by atoms with Crippen molar-refractivity contribution >= 4 is 11.9 Å². The third-order valence-electron chi connectivity index (χ3n) is 3.37. The van der Waals surface area contributed by atoms with Gasteiger partial charge in [0.05, 0.1) is 23.5 Å².